The molecule has 9 heteroatoms. The summed E-state index contributed by atoms with van der Waals surface area (Å²) in [7, 11) is -2.80. The zero-order chi connectivity index (χ0) is 18.1. The maximum atomic E-state index is 13.4. The second-order valence-electron chi connectivity index (χ2n) is 4.85. The Labute approximate surface area is 142 Å². The summed E-state index contributed by atoms with van der Waals surface area (Å²) in [4.78, 5) is 10.6. The molecule has 0 fully saturated rings. The summed E-state index contributed by atoms with van der Waals surface area (Å²) >= 11 is 5.96. The van der Waals surface area contributed by atoms with Crippen LogP contribution in [0.15, 0.2) is 35.2 Å². The van der Waals surface area contributed by atoms with E-state index in [2.05, 4.69) is 4.72 Å². The number of anilines is 1. The number of carbonyl (C=O) groups is 1. The molecule has 0 aliphatic rings. The van der Waals surface area contributed by atoms with Gasteiger partial charge in [-0.1, -0.05) is 11.6 Å². The van der Waals surface area contributed by atoms with Gasteiger partial charge < -0.3 is 9.84 Å². The van der Waals surface area contributed by atoms with Gasteiger partial charge in [-0.15, -0.1) is 0 Å². The Balaban J connectivity index is 2.48. The van der Waals surface area contributed by atoms with Crippen LogP contribution in [0, 0.1) is 12.7 Å². The van der Waals surface area contributed by atoms with Crippen LogP contribution in [0.4, 0.5) is 10.1 Å². The molecule has 24 heavy (non-hydrogen) atoms. The Bertz CT molecular complexity index is 914. The normalized spacial score (nSPS) is 11.2. The van der Waals surface area contributed by atoms with Gasteiger partial charge in [-0.3, -0.25) is 4.72 Å². The third kappa shape index (κ3) is 3.60. The van der Waals surface area contributed by atoms with Gasteiger partial charge in [0.05, 0.1) is 23.3 Å². The van der Waals surface area contributed by atoms with Crippen molar-refractivity contribution in [2.75, 3.05) is 11.8 Å². The van der Waals surface area contributed by atoms with E-state index >= 15 is 0 Å². The van der Waals surface area contributed by atoms with Crippen molar-refractivity contribution in [2.45, 2.75) is 11.8 Å². The van der Waals surface area contributed by atoms with Crippen LogP contribution in [-0.2, 0) is 10.0 Å². The number of carboxylic acid groups (broad SMARTS) is 1. The maximum Gasteiger partial charge on any atom is 0.338 e. The van der Waals surface area contributed by atoms with Gasteiger partial charge in [0.15, 0.2) is 0 Å². The van der Waals surface area contributed by atoms with Crippen LogP contribution in [0.3, 0.4) is 0 Å². The fourth-order valence-corrected chi connectivity index (χ4v) is 3.19. The van der Waals surface area contributed by atoms with Crippen molar-refractivity contribution in [3.05, 3.63) is 52.3 Å². The highest BCUT2D eigenvalue weighted by atomic mass is 35.5. The van der Waals surface area contributed by atoms with Gasteiger partial charge in [-0.2, -0.15) is 0 Å². The fourth-order valence-electron chi connectivity index (χ4n) is 1.95. The first kappa shape index (κ1) is 18.0. The fraction of sp³-hybridized carbons (Fsp3) is 0.133. The zero-order valence-corrected chi connectivity index (χ0v) is 14.2. The minimum atomic E-state index is -4.15. The molecule has 0 bridgehead atoms. The van der Waals surface area contributed by atoms with E-state index < -0.39 is 32.3 Å². The standard InChI is InChI=1S/C15H13ClFNO5S/c1-8-5-13(14(23-2)7-11(8)16)18-24(21,22)9-3-4-12(17)10(6-9)15(19)20/h3-7,18H,1-2H3,(H,19,20). The van der Waals surface area contributed by atoms with Gasteiger partial charge in [0.25, 0.3) is 10.0 Å². The Kier molecular flexibility index (Phi) is 5.00. The molecule has 0 spiro atoms. The number of hydrogen-bond donors (Lipinski definition) is 2. The highest BCUT2D eigenvalue weighted by Gasteiger charge is 2.21. The minimum Gasteiger partial charge on any atom is -0.495 e. The number of aromatic carboxylic acids is 1. The van der Waals surface area contributed by atoms with E-state index in [1.165, 1.54) is 19.2 Å². The number of carboxylic acids is 1. The molecule has 6 nitrogen and oxygen atoms in total. The van der Waals surface area contributed by atoms with E-state index in [0.717, 1.165) is 18.2 Å². The van der Waals surface area contributed by atoms with E-state index in [1.807, 2.05) is 0 Å². The summed E-state index contributed by atoms with van der Waals surface area (Å²) in [5.74, 6) is -2.40. The summed E-state index contributed by atoms with van der Waals surface area (Å²) < 4.78 is 45.7. The minimum absolute atomic E-state index is 0.126. The summed E-state index contributed by atoms with van der Waals surface area (Å²) in [6, 6.07) is 5.42. The van der Waals surface area contributed by atoms with E-state index in [-0.39, 0.29) is 11.4 Å². The molecule has 0 aliphatic heterocycles. The van der Waals surface area contributed by atoms with E-state index in [1.54, 1.807) is 6.92 Å². The number of aryl methyl sites for hydroxylation is 1. The first-order valence-corrected chi connectivity index (χ1v) is 8.41. The van der Waals surface area contributed by atoms with Gasteiger partial charge in [-0.05, 0) is 36.8 Å². The average molecular weight is 374 g/mol. The molecule has 0 saturated heterocycles. The van der Waals surface area contributed by atoms with Crippen molar-refractivity contribution in [2.24, 2.45) is 0 Å². The molecule has 2 aromatic rings. The van der Waals surface area contributed by atoms with Crippen LogP contribution < -0.4 is 9.46 Å². The van der Waals surface area contributed by atoms with Crippen molar-refractivity contribution in [3.8, 4) is 5.75 Å². The van der Waals surface area contributed by atoms with E-state index in [4.69, 9.17) is 21.4 Å². The molecular weight excluding hydrogens is 361 g/mol. The third-order valence-electron chi connectivity index (χ3n) is 3.20. The summed E-state index contributed by atoms with van der Waals surface area (Å²) in [5.41, 5.74) is -0.00164. The lowest BCUT2D eigenvalue weighted by Gasteiger charge is -2.14. The lowest BCUT2D eigenvalue weighted by atomic mass is 10.2. The lowest BCUT2D eigenvalue weighted by Crippen LogP contribution is -2.15. The first-order chi connectivity index (χ1) is 11.2. The zero-order valence-electron chi connectivity index (χ0n) is 12.6. The molecule has 0 heterocycles. The molecule has 0 amide bonds. The van der Waals surface area contributed by atoms with Crippen molar-refractivity contribution in [3.63, 3.8) is 0 Å². The maximum absolute atomic E-state index is 13.4. The molecule has 128 valence electrons. The number of ether oxygens (including phenoxy) is 1. The van der Waals surface area contributed by atoms with Crippen LogP contribution in [0.2, 0.25) is 5.02 Å². The van der Waals surface area contributed by atoms with Gasteiger partial charge in [-0.25, -0.2) is 17.6 Å². The number of hydrogen-bond acceptors (Lipinski definition) is 4. The molecule has 0 saturated carbocycles. The summed E-state index contributed by atoms with van der Waals surface area (Å²) in [6.07, 6.45) is 0. The Hall–Kier alpha value is -2.32. The second-order valence-corrected chi connectivity index (χ2v) is 6.94. The number of sulfonamides is 1. The topological polar surface area (TPSA) is 92.7 Å². The first-order valence-electron chi connectivity index (χ1n) is 6.55. The van der Waals surface area contributed by atoms with Gasteiger partial charge >= 0.3 is 5.97 Å². The van der Waals surface area contributed by atoms with E-state index in [9.17, 15) is 17.6 Å². The molecule has 0 radical (unpaired) electrons. The van der Waals surface area contributed by atoms with Crippen molar-refractivity contribution >= 4 is 33.3 Å². The molecular formula is C15H13ClFNO5S. The Morgan fingerprint density at radius 2 is 1.96 bits per heavy atom. The third-order valence-corrected chi connectivity index (χ3v) is 4.97. The van der Waals surface area contributed by atoms with Gasteiger partial charge in [0.2, 0.25) is 0 Å². The Morgan fingerprint density at radius 1 is 1.29 bits per heavy atom. The number of methoxy groups -OCH3 is 1. The molecule has 2 N–H and O–H groups in total. The van der Waals surface area contributed by atoms with Crippen LogP contribution in [0.1, 0.15) is 15.9 Å². The number of nitrogens with one attached hydrogen (secondary N) is 1. The number of halogens is 2. The largest absolute Gasteiger partial charge is 0.495 e. The molecule has 2 rings (SSSR count). The summed E-state index contributed by atoms with van der Waals surface area (Å²) in [5, 5.41) is 9.30. The monoisotopic (exact) mass is 373 g/mol. The number of rotatable bonds is 5. The van der Waals surface area contributed by atoms with E-state index in [0.29, 0.717) is 10.6 Å². The highest BCUT2D eigenvalue weighted by molar-refractivity contribution is 7.92. The molecule has 0 atom stereocenters. The number of benzene rings is 2. The van der Waals surface area contributed by atoms with Crippen LogP contribution in [-0.4, -0.2) is 26.6 Å². The van der Waals surface area contributed by atoms with Crippen molar-refractivity contribution < 1.29 is 27.4 Å². The molecule has 0 aliphatic carbocycles. The predicted molar refractivity (Wildman–Crippen MR) is 86.9 cm³/mol. The second kappa shape index (κ2) is 6.66. The van der Waals surface area contributed by atoms with Crippen molar-refractivity contribution in [1.82, 2.24) is 0 Å². The highest BCUT2D eigenvalue weighted by Crippen LogP contribution is 2.32. The quantitative estimate of drug-likeness (QED) is 0.838. The van der Waals surface area contributed by atoms with Crippen molar-refractivity contribution in [1.29, 1.82) is 0 Å². The van der Waals surface area contributed by atoms with Crippen LogP contribution in [0.25, 0.3) is 0 Å². The average Bonchev–Trinajstić information content (AvgIpc) is 2.50. The SMILES string of the molecule is COc1cc(Cl)c(C)cc1NS(=O)(=O)c1ccc(F)c(C(=O)O)c1. The smallest absolute Gasteiger partial charge is 0.338 e. The molecule has 0 aromatic heterocycles. The lowest BCUT2D eigenvalue weighted by molar-refractivity contribution is 0.0691. The Morgan fingerprint density at radius 3 is 2.54 bits per heavy atom. The molecule has 2 aromatic carbocycles. The summed E-state index contributed by atoms with van der Waals surface area (Å²) in [6.45, 7) is 1.68. The van der Waals surface area contributed by atoms with Gasteiger partial charge in [0.1, 0.15) is 11.6 Å². The molecule has 0 unspecified atom stereocenters. The van der Waals surface area contributed by atoms with Gasteiger partial charge in [0, 0.05) is 11.1 Å². The predicted octanol–water partition coefficient (Wildman–Crippen LogP) is 3.30. The van der Waals surface area contributed by atoms with Crippen LogP contribution >= 0.6 is 11.6 Å². The van der Waals surface area contributed by atoms with Crippen LogP contribution in [0.5, 0.6) is 5.75 Å².